The summed E-state index contributed by atoms with van der Waals surface area (Å²) in [5.41, 5.74) is 6.04. The lowest BCUT2D eigenvalue weighted by molar-refractivity contribution is -0.117. The molecule has 1 aromatic heterocycles. The molecular formula is C15H15N3O2S. The summed E-state index contributed by atoms with van der Waals surface area (Å²) in [4.78, 5) is 27.3. The molecule has 2 aromatic rings. The van der Waals surface area contributed by atoms with Crippen LogP contribution in [0.25, 0.3) is 0 Å². The van der Waals surface area contributed by atoms with Crippen LogP contribution in [-0.4, -0.2) is 15.5 Å². The van der Waals surface area contributed by atoms with Gasteiger partial charge in [0.2, 0.25) is 5.91 Å². The largest absolute Gasteiger partial charge is 0.368 e. The molecule has 0 unspecified atom stereocenters. The van der Waals surface area contributed by atoms with Gasteiger partial charge in [-0.05, 0) is 18.4 Å². The van der Waals surface area contributed by atoms with Crippen LogP contribution >= 0.6 is 11.8 Å². The van der Waals surface area contributed by atoms with E-state index in [2.05, 4.69) is 4.98 Å². The number of primary amides is 1. The summed E-state index contributed by atoms with van der Waals surface area (Å²) >= 11 is 1.24. The van der Waals surface area contributed by atoms with Crippen molar-refractivity contribution in [3.63, 3.8) is 0 Å². The van der Waals surface area contributed by atoms with Gasteiger partial charge < -0.3 is 10.3 Å². The van der Waals surface area contributed by atoms with Gasteiger partial charge >= 0.3 is 0 Å². The maximum atomic E-state index is 11.8. The Morgan fingerprint density at radius 1 is 1.29 bits per heavy atom. The molecule has 0 radical (unpaired) electrons. The molecule has 1 heterocycles. The first-order valence-corrected chi connectivity index (χ1v) is 7.63. The number of hydrogen-bond acceptors (Lipinski definition) is 4. The topological polar surface area (TPSA) is 78.0 Å². The van der Waals surface area contributed by atoms with Crippen LogP contribution in [0.3, 0.4) is 0 Å². The first kappa shape index (κ1) is 13.9. The van der Waals surface area contributed by atoms with Gasteiger partial charge in [0.05, 0.1) is 0 Å². The van der Waals surface area contributed by atoms with E-state index in [4.69, 9.17) is 5.73 Å². The summed E-state index contributed by atoms with van der Waals surface area (Å²) in [6.45, 7) is 0. The molecule has 3 rings (SSSR count). The molecule has 21 heavy (non-hydrogen) atoms. The fraction of sp³-hybridized carbons (Fsp3) is 0.267. The second-order valence-electron chi connectivity index (χ2n) is 5.00. The van der Waals surface area contributed by atoms with Crippen LogP contribution in [0.4, 0.5) is 0 Å². The van der Waals surface area contributed by atoms with E-state index in [1.807, 2.05) is 34.9 Å². The molecule has 0 spiro atoms. The molecule has 1 amide bonds. The Hall–Kier alpha value is -2.08. The van der Waals surface area contributed by atoms with Crippen molar-refractivity contribution >= 4 is 17.7 Å². The minimum Gasteiger partial charge on any atom is -0.368 e. The van der Waals surface area contributed by atoms with Crippen LogP contribution in [0.2, 0.25) is 0 Å². The van der Waals surface area contributed by atoms with Gasteiger partial charge in [-0.3, -0.25) is 9.59 Å². The number of amides is 1. The maximum Gasteiger partial charge on any atom is 0.273 e. The van der Waals surface area contributed by atoms with E-state index >= 15 is 0 Å². The average molecular weight is 301 g/mol. The molecule has 0 bridgehead atoms. The first-order chi connectivity index (χ1) is 10.1. The molecule has 1 aromatic carbocycles. The van der Waals surface area contributed by atoms with E-state index < -0.39 is 11.2 Å². The lowest BCUT2D eigenvalue weighted by atomic mass is 10.1. The molecule has 0 saturated heterocycles. The third kappa shape index (κ3) is 3.16. The Kier molecular flexibility index (Phi) is 3.79. The van der Waals surface area contributed by atoms with Crippen molar-refractivity contribution < 1.29 is 4.79 Å². The summed E-state index contributed by atoms with van der Waals surface area (Å²) in [6.07, 6.45) is 3.90. The Labute approximate surface area is 126 Å². The van der Waals surface area contributed by atoms with Crippen LogP contribution < -0.4 is 11.3 Å². The minimum atomic E-state index is -0.550. The monoisotopic (exact) mass is 301 g/mol. The zero-order valence-corrected chi connectivity index (χ0v) is 12.1. The molecule has 1 saturated carbocycles. The fourth-order valence-corrected chi connectivity index (χ4v) is 3.23. The molecule has 1 aliphatic carbocycles. The number of aromatic nitrogens is 2. The molecule has 2 N–H and O–H groups in total. The highest BCUT2D eigenvalue weighted by atomic mass is 32.2. The van der Waals surface area contributed by atoms with Crippen LogP contribution in [0.15, 0.2) is 52.5 Å². The van der Waals surface area contributed by atoms with Gasteiger partial charge in [0.25, 0.3) is 5.56 Å². The maximum absolute atomic E-state index is 11.8. The second kappa shape index (κ2) is 5.73. The number of nitrogens with zero attached hydrogens (tertiary/aromatic N) is 2. The molecule has 1 fully saturated rings. The number of rotatable bonds is 5. The van der Waals surface area contributed by atoms with E-state index in [9.17, 15) is 9.59 Å². The lowest BCUT2D eigenvalue weighted by Crippen LogP contribution is -2.21. The molecule has 108 valence electrons. The van der Waals surface area contributed by atoms with E-state index in [0.717, 1.165) is 18.4 Å². The molecule has 1 atom stereocenters. The predicted molar refractivity (Wildman–Crippen MR) is 81.0 cm³/mol. The van der Waals surface area contributed by atoms with Crippen molar-refractivity contribution in [2.75, 3.05) is 0 Å². The lowest BCUT2D eigenvalue weighted by Gasteiger charge is -2.16. The average Bonchev–Trinajstić information content (AvgIpc) is 3.30. The third-order valence-corrected chi connectivity index (χ3v) is 4.58. The summed E-state index contributed by atoms with van der Waals surface area (Å²) < 4.78 is 1.96. The minimum absolute atomic E-state index is 0.300. The van der Waals surface area contributed by atoms with Gasteiger partial charge in [0.15, 0.2) is 5.16 Å². The normalized spacial score (nSPS) is 15.6. The van der Waals surface area contributed by atoms with E-state index in [1.54, 1.807) is 6.20 Å². The van der Waals surface area contributed by atoms with Gasteiger partial charge in [-0.2, -0.15) is 4.98 Å². The van der Waals surface area contributed by atoms with Crippen molar-refractivity contribution in [2.45, 2.75) is 29.3 Å². The number of nitrogens with two attached hydrogens (primary N) is 1. The Morgan fingerprint density at radius 3 is 2.62 bits per heavy atom. The van der Waals surface area contributed by atoms with Gasteiger partial charge in [0, 0.05) is 18.3 Å². The summed E-state index contributed by atoms with van der Waals surface area (Å²) in [6, 6.07) is 11.1. The molecular weight excluding hydrogens is 286 g/mol. The standard InChI is InChI=1S/C15H15N3O2S/c16-14(20)13(10-4-2-1-3-5-10)21-15-17-12(19)8-9-18(15)11-6-7-11/h1-5,8-9,11,13H,6-7H2,(H2,16,20)/t13-/m0/s1. The van der Waals surface area contributed by atoms with Gasteiger partial charge in [-0.25, -0.2) is 0 Å². The highest BCUT2D eigenvalue weighted by Crippen LogP contribution is 2.40. The third-order valence-electron chi connectivity index (χ3n) is 3.33. The smallest absolute Gasteiger partial charge is 0.273 e. The predicted octanol–water partition coefficient (Wildman–Crippen LogP) is 1.90. The number of thioether (sulfide) groups is 1. The first-order valence-electron chi connectivity index (χ1n) is 6.75. The van der Waals surface area contributed by atoms with E-state index in [0.29, 0.717) is 11.2 Å². The van der Waals surface area contributed by atoms with Gasteiger partial charge in [-0.15, -0.1) is 0 Å². The van der Waals surface area contributed by atoms with Crippen molar-refractivity contribution in [1.29, 1.82) is 0 Å². The second-order valence-corrected chi connectivity index (χ2v) is 6.07. The highest BCUT2D eigenvalue weighted by molar-refractivity contribution is 8.00. The Bertz CT molecular complexity index is 710. The van der Waals surface area contributed by atoms with Crippen LogP contribution in [0, 0.1) is 0 Å². The number of carbonyl (C=O) groups is 1. The zero-order valence-electron chi connectivity index (χ0n) is 11.3. The molecule has 5 nitrogen and oxygen atoms in total. The fourth-order valence-electron chi connectivity index (χ4n) is 2.14. The van der Waals surface area contributed by atoms with E-state index in [1.165, 1.54) is 17.8 Å². The summed E-state index contributed by atoms with van der Waals surface area (Å²) in [7, 11) is 0. The van der Waals surface area contributed by atoms with Crippen LogP contribution in [0.1, 0.15) is 29.7 Å². The number of carbonyl (C=O) groups excluding carboxylic acids is 1. The summed E-state index contributed by atoms with van der Waals surface area (Å²) in [5, 5.41) is 0.00292. The van der Waals surface area contributed by atoms with Crippen LogP contribution in [-0.2, 0) is 4.79 Å². The number of benzene rings is 1. The Morgan fingerprint density at radius 2 is 2.00 bits per heavy atom. The van der Waals surface area contributed by atoms with Crippen LogP contribution in [0.5, 0.6) is 0 Å². The van der Waals surface area contributed by atoms with Crippen molar-refractivity contribution in [3.05, 3.63) is 58.5 Å². The van der Waals surface area contributed by atoms with Crippen molar-refractivity contribution in [3.8, 4) is 0 Å². The molecule has 6 heteroatoms. The molecule has 0 aliphatic heterocycles. The highest BCUT2D eigenvalue weighted by Gasteiger charge is 2.28. The zero-order chi connectivity index (χ0) is 14.8. The summed E-state index contributed by atoms with van der Waals surface area (Å²) in [5.74, 6) is -0.438. The van der Waals surface area contributed by atoms with Gasteiger partial charge in [-0.1, -0.05) is 42.1 Å². The Balaban J connectivity index is 1.95. The molecule has 1 aliphatic rings. The quantitative estimate of drug-likeness (QED) is 0.676. The van der Waals surface area contributed by atoms with Crippen molar-refractivity contribution in [2.24, 2.45) is 5.73 Å². The van der Waals surface area contributed by atoms with Gasteiger partial charge in [0.1, 0.15) is 5.25 Å². The van der Waals surface area contributed by atoms with E-state index in [-0.39, 0.29) is 5.56 Å². The number of hydrogen-bond donors (Lipinski definition) is 1. The van der Waals surface area contributed by atoms with Crippen molar-refractivity contribution in [1.82, 2.24) is 9.55 Å². The SMILES string of the molecule is NC(=O)[C@@H](Sc1nc(=O)ccn1C1CC1)c1ccccc1.